The fourth-order valence-electron chi connectivity index (χ4n) is 2.05. The van der Waals surface area contributed by atoms with Gasteiger partial charge < -0.3 is 4.74 Å². The Kier molecular flexibility index (Phi) is 5.01. The Balaban J connectivity index is 1.86. The lowest BCUT2D eigenvalue weighted by atomic mass is 10.2. The maximum absolute atomic E-state index is 12.1. The molecule has 0 bridgehead atoms. The van der Waals surface area contributed by atoms with E-state index in [0.717, 1.165) is 0 Å². The van der Waals surface area contributed by atoms with Crippen molar-refractivity contribution in [2.75, 3.05) is 5.32 Å². The summed E-state index contributed by atoms with van der Waals surface area (Å²) in [5.41, 5.74) is 0.752. The highest BCUT2D eigenvalue weighted by Gasteiger charge is 2.14. The Labute approximate surface area is 157 Å². The van der Waals surface area contributed by atoms with Crippen LogP contribution in [0, 0.1) is 0 Å². The molecule has 0 unspecified atom stereocenters. The number of ether oxygens (including phenoxy) is 1. The van der Waals surface area contributed by atoms with Gasteiger partial charge in [-0.3, -0.25) is 10.3 Å². The first kappa shape index (κ1) is 17.1. The van der Waals surface area contributed by atoms with E-state index in [0.29, 0.717) is 15.9 Å². The Morgan fingerprint density at radius 1 is 0.958 bits per heavy atom. The molecule has 2 aromatic carbocycles. The smallest absolute Gasteiger partial charge is 0.408 e. The Hall–Kier alpha value is -1.72. The summed E-state index contributed by atoms with van der Waals surface area (Å²) >= 11 is 23.9. The van der Waals surface area contributed by atoms with Crippen LogP contribution in [-0.4, -0.2) is 11.1 Å². The molecule has 3 rings (SSSR count). The highest BCUT2D eigenvalue weighted by Crippen LogP contribution is 2.33. The number of pyridine rings is 1. The van der Waals surface area contributed by atoms with Gasteiger partial charge in [-0.1, -0.05) is 46.4 Å². The van der Waals surface area contributed by atoms with Gasteiger partial charge in [-0.15, -0.1) is 0 Å². The second-order valence-electron chi connectivity index (χ2n) is 4.71. The van der Waals surface area contributed by atoms with Crippen molar-refractivity contribution in [2.24, 2.45) is 0 Å². The molecule has 0 saturated carbocycles. The van der Waals surface area contributed by atoms with Gasteiger partial charge in [0.1, 0.15) is 5.52 Å². The maximum atomic E-state index is 12.1. The van der Waals surface area contributed by atoms with Crippen LogP contribution in [0.3, 0.4) is 0 Å². The SMILES string of the molecule is O=C(Nc1cc(Cl)c(Cl)cc1Cl)Oc1ccc(Cl)c2cccnc12. The van der Waals surface area contributed by atoms with Crippen molar-refractivity contribution in [2.45, 2.75) is 0 Å². The molecule has 0 aliphatic rings. The number of anilines is 1. The van der Waals surface area contributed by atoms with E-state index in [2.05, 4.69) is 10.3 Å². The van der Waals surface area contributed by atoms with E-state index in [4.69, 9.17) is 51.1 Å². The van der Waals surface area contributed by atoms with Crippen LogP contribution in [0.4, 0.5) is 10.5 Å². The molecule has 4 nitrogen and oxygen atoms in total. The summed E-state index contributed by atoms with van der Waals surface area (Å²) in [6.45, 7) is 0. The van der Waals surface area contributed by atoms with Crippen molar-refractivity contribution in [1.82, 2.24) is 4.98 Å². The molecule has 0 radical (unpaired) electrons. The largest absolute Gasteiger partial charge is 0.417 e. The fourth-order valence-corrected chi connectivity index (χ4v) is 2.86. The van der Waals surface area contributed by atoms with Gasteiger partial charge >= 0.3 is 6.09 Å². The molecule has 1 heterocycles. The standard InChI is InChI=1S/C16H8Cl4N2O2/c17-9-3-4-14(15-8(9)2-1-5-21-15)24-16(23)22-13-7-11(19)10(18)6-12(13)20/h1-7H,(H,22,23). The Morgan fingerprint density at radius 3 is 2.50 bits per heavy atom. The van der Waals surface area contributed by atoms with Crippen LogP contribution in [-0.2, 0) is 0 Å². The van der Waals surface area contributed by atoms with Crippen molar-refractivity contribution in [3.05, 3.63) is 62.7 Å². The number of hydrogen-bond acceptors (Lipinski definition) is 3. The van der Waals surface area contributed by atoms with Crippen molar-refractivity contribution < 1.29 is 9.53 Å². The molecule has 122 valence electrons. The molecule has 0 atom stereocenters. The van der Waals surface area contributed by atoms with Gasteiger partial charge in [0.05, 0.1) is 25.8 Å². The normalized spacial score (nSPS) is 10.7. The lowest BCUT2D eigenvalue weighted by Gasteiger charge is -2.11. The number of fused-ring (bicyclic) bond motifs is 1. The minimum absolute atomic E-state index is 0.237. The van der Waals surface area contributed by atoms with Gasteiger partial charge in [-0.05, 0) is 36.4 Å². The second kappa shape index (κ2) is 7.03. The first-order chi connectivity index (χ1) is 11.5. The van der Waals surface area contributed by atoms with Gasteiger partial charge in [0.25, 0.3) is 0 Å². The van der Waals surface area contributed by atoms with Crippen molar-refractivity contribution in [3.8, 4) is 5.75 Å². The molecule has 1 amide bonds. The first-order valence-electron chi connectivity index (χ1n) is 6.62. The van der Waals surface area contributed by atoms with Crippen LogP contribution in [0.1, 0.15) is 0 Å². The highest BCUT2D eigenvalue weighted by molar-refractivity contribution is 6.44. The predicted octanol–water partition coefficient (Wildman–Crippen LogP) is 6.46. The molecule has 0 fully saturated rings. The third kappa shape index (κ3) is 3.52. The second-order valence-corrected chi connectivity index (χ2v) is 6.33. The number of nitrogens with one attached hydrogen (secondary N) is 1. The lowest BCUT2D eigenvalue weighted by Crippen LogP contribution is -2.17. The number of benzene rings is 2. The Morgan fingerprint density at radius 2 is 1.71 bits per heavy atom. The first-order valence-corrected chi connectivity index (χ1v) is 8.13. The molecule has 8 heteroatoms. The maximum Gasteiger partial charge on any atom is 0.417 e. The van der Waals surface area contributed by atoms with E-state index in [1.807, 2.05) is 0 Å². The molecule has 0 spiro atoms. The molecular formula is C16H8Cl4N2O2. The predicted molar refractivity (Wildman–Crippen MR) is 97.9 cm³/mol. The summed E-state index contributed by atoms with van der Waals surface area (Å²) in [7, 11) is 0. The topological polar surface area (TPSA) is 51.2 Å². The van der Waals surface area contributed by atoms with Crippen molar-refractivity contribution in [3.63, 3.8) is 0 Å². The molecule has 0 saturated heterocycles. The Bertz CT molecular complexity index is 947. The lowest BCUT2D eigenvalue weighted by molar-refractivity contribution is 0.215. The van der Waals surface area contributed by atoms with Crippen LogP contribution in [0.2, 0.25) is 20.1 Å². The average molecular weight is 402 g/mol. The fraction of sp³-hybridized carbons (Fsp3) is 0. The van der Waals surface area contributed by atoms with E-state index in [1.54, 1.807) is 30.5 Å². The summed E-state index contributed by atoms with van der Waals surface area (Å²) in [6.07, 6.45) is 0.837. The van der Waals surface area contributed by atoms with Crippen molar-refractivity contribution in [1.29, 1.82) is 0 Å². The summed E-state index contributed by atoms with van der Waals surface area (Å²) in [6, 6.07) is 9.58. The summed E-state index contributed by atoms with van der Waals surface area (Å²) < 4.78 is 5.31. The van der Waals surface area contributed by atoms with E-state index >= 15 is 0 Å². The number of amides is 1. The van der Waals surface area contributed by atoms with Crippen LogP contribution >= 0.6 is 46.4 Å². The zero-order chi connectivity index (χ0) is 17.3. The van der Waals surface area contributed by atoms with Crippen LogP contribution in [0.25, 0.3) is 10.9 Å². The van der Waals surface area contributed by atoms with Crippen LogP contribution in [0.5, 0.6) is 5.75 Å². The van der Waals surface area contributed by atoms with E-state index in [-0.39, 0.29) is 26.5 Å². The molecule has 1 N–H and O–H groups in total. The van der Waals surface area contributed by atoms with Crippen molar-refractivity contribution >= 4 is 69.1 Å². The third-order valence-corrected chi connectivity index (χ3v) is 4.49. The van der Waals surface area contributed by atoms with Crippen LogP contribution < -0.4 is 10.1 Å². The zero-order valence-corrected chi connectivity index (χ0v) is 14.8. The minimum Gasteiger partial charge on any atom is -0.408 e. The quantitative estimate of drug-likeness (QED) is 0.501. The average Bonchev–Trinajstić information content (AvgIpc) is 2.55. The van der Waals surface area contributed by atoms with Gasteiger partial charge in [0.15, 0.2) is 5.75 Å². The van der Waals surface area contributed by atoms with E-state index < -0.39 is 6.09 Å². The number of carbonyl (C=O) groups excluding carboxylic acids is 1. The molecule has 0 aliphatic carbocycles. The monoisotopic (exact) mass is 400 g/mol. The molecule has 3 aromatic rings. The number of nitrogens with zero attached hydrogens (tertiary/aromatic N) is 1. The van der Waals surface area contributed by atoms with Gasteiger partial charge in [0, 0.05) is 11.6 Å². The molecule has 1 aromatic heterocycles. The number of rotatable bonds is 2. The van der Waals surface area contributed by atoms with Gasteiger partial charge in [-0.2, -0.15) is 0 Å². The number of halogens is 4. The van der Waals surface area contributed by atoms with E-state index in [9.17, 15) is 4.79 Å². The zero-order valence-electron chi connectivity index (χ0n) is 11.8. The molecule has 0 aliphatic heterocycles. The summed E-state index contributed by atoms with van der Waals surface area (Å²) in [4.78, 5) is 16.3. The summed E-state index contributed by atoms with van der Waals surface area (Å²) in [5, 5.41) is 4.48. The number of hydrogen-bond donors (Lipinski definition) is 1. The van der Waals surface area contributed by atoms with Gasteiger partial charge in [-0.25, -0.2) is 4.79 Å². The van der Waals surface area contributed by atoms with E-state index in [1.165, 1.54) is 12.1 Å². The van der Waals surface area contributed by atoms with Crippen LogP contribution in [0.15, 0.2) is 42.6 Å². The summed E-state index contributed by atoms with van der Waals surface area (Å²) in [5.74, 6) is 0.267. The third-order valence-electron chi connectivity index (χ3n) is 3.13. The minimum atomic E-state index is -0.746. The highest BCUT2D eigenvalue weighted by atomic mass is 35.5. The number of carbonyl (C=O) groups is 1. The van der Waals surface area contributed by atoms with Gasteiger partial charge in [0.2, 0.25) is 0 Å². The molecular weight excluding hydrogens is 394 g/mol. The number of aromatic nitrogens is 1. The molecule has 24 heavy (non-hydrogen) atoms.